The molecule has 2 rings (SSSR count). The fraction of sp³-hybridized carbons (Fsp3) is 0.364. The summed E-state index contributed by atoms with van der Waals surface area (Å²) < 4.78 is 0. The van der Waals surface area contributed by atoms with Crippen LogP contribution in [0.4, 0.5) is 0 Å². The molecule has 3 heteroatoms. The maximum Gasteiger partial charge on any atom is 0.0782 e. The van der Waals surface area contributed by atoms with Crippen molar-refractivity contribution in [1.29, 1.82) is 0 Å². The topological polar surface area (TPSA) is 3.24 Å². The van der Waals surface area contributed by atoms with E-state index in [0.717, 1.165) is 29.5 Å². The van der Waals surface area contributed by atoms with E-state index in [1.807, 2.05) is 12.1 Å². The Labute approximate surface area is 94.7 Å². The first-order valence-electron chi connectivity index (χ1n) is 4.78. The lowest BCUT2D eigenvalue weighted by Crippen LogP contribution is -2.22. The van der Waals surface area contributed by atoms with Gasteiger partial charge in [-0.2, -0.15) is 0 Å². The molecule has 14 heavy (non-hydrogen) atoms. The first-order valence-corrected chi connectivity index (χ1v) is 5.56. The molecule has 0 radical (unpaired) electrons. The molecule has 1 nitrogen and oxygen atoms in total. The van der Waals surface area contributed by atoms with Crippen LogP contribution in [-0.2, 0) is 6.54 Å². The Bertz CT molecular complexity index is 334. The molecule has 1 aromatic carbocycles. The van der Waals surface area contributed by atoms with Gasteiger partial charge >= 0.3 is 0 Å². The average Bonchev–Trinajstić information content (AvgIpc) is 2.56. The van der Waals surface area contributed by atoms with Gasteiger partial charge in [0.25, 0.3) is 0 Å². The molecule has 74 valence electrons. The van der Waals surface area contributed by atoms with Crippen LogP contribution >= 0.6 is 23.8 Å². The lowest BCUT2D eigenvalue weighted by molar-refractivity contribution is 0.454. The molecule has 1 fully saturated rings. The van der Waals surface area contributed by atoms with E-state index in [0.29, 0.717) is 0 Å². The van der Waals surface area contributed by atoms with Crippen molar-refractivity contribution < 1.29 is 0 Å². The highest BCUT2D eigenvalue weighted by atomic mass is 35.5. The Morgan fingerprint density at radius 3 is 2.57 bits per heavy atom. The summed E-state index contributed by atoms with van der Waals surface area (Å²) in [4.78, 5) is 3.36. The number of thiocarbonyl (C=S) groups is 1. The summed E-state index contributed by atoms with van der Waals surface area (Å²) in [6.45, 7) is 2.03. The highest BCUT2D eigenvalue weighted by Crippen LogP contribution is 2.17. The van der Waals surface area contributed by atoms with Crippen molar-refractivity contribution in [3.05, 3.63) is 34.9 Å². The monoisotopic (exact) mass is 225 g/mol. The van der Waals surface area contributed by atoms with Crippen molar-refractivity contribution in [1.82, 2.24) is 4.90 Å². The predicted molar refractivity (Wildman–Crippen MR) is 63.7 cm³/mol. The minimum absolute atomic E-state index is 0.790. The Kier molecular flexibility index (Phi) is 3.04. The molecule has 0 aliphatic carbocycles. The third-order valence-corrected chi connectivity index (χ3v) is 3.17. The molecule has 1 saturated heterocycles. The fourth-order valence-electron chi connectivity index (χ4n) is 1.68. The van der Waals surface area contributed by atoms with Crippen LogP contribution < -0.4 is 0 Å². The van der Waals surface area contributed by atoms with E-state index in [9.17, 15) is 0 Å². The minimum Gasteiger partial charge on any atom is -0.362 e. The number of nitrogens with zero attached hydrogens (tertiary/aromatic N) is 1. The van der Waals surface area contributed by atoms with Crippen molar-refractivity contribution >= 4 is 28.8 Å². The van der Waals surface area contributed by atoms with Gasteiger partial charge in [0, 0.05) is 18.1 Å². The molecule has 0 saturated carbocycles. The summed E-state index contributed by atoms with van der Waals surface area (Å²) >= 11 is 11.1. The zero-order valence-electron chi connectivity index (χ0n) is 7.87. The van der Waals surface area contributed by atoms with Crippen LogP contribution in [0.2, 0.25) is 5.02 Å². The van der Waals surface area contributed by atoms with Gasteiger partial charge in [-0.05, 0) is 30.5 Å². The number of halogens is 1. The number of likely N-dealkylation sites (tertiary alicyclic amines) is 1. The van der Waals surface area contributed by atoms with E-state index in [1.165, 1.54) is 12.0 Å². The van der Waals surface area contributed by atoms with E-state index in [2.05, 4.69) is 17.0 Å². The number of hydrogen-bond donors (Lipinski definition) is 0. The van der Waals surface area contributed by atoms with Gasteiger partial charge in [-0.3, -0.25) is 0 Å². The second kappa shape index (κ2) is 4.28. The summed E-state index contributed by atoms with van der Waals surface area (Å²) in [6, 6.07) is 7.97. The van der Waals surface area contributed by atoms with Gasteiger partial charge in [0.15, 0.2) is 0 Å². The first kappa shape index (κ1) is 9.94. The number of rotatable bonds is 2. The van der Waals surface area contributed by atoms with Gasteiger partial charge in [-0.25, -0.2) is 0 Å². The van der Waals surface area contributed by atoms with Crippen LogP contribution in [0.5, 0.6) is 0 Å². The summed E-state index contributed by atoms with van der Waals surface area (Å²) in [5.74, 6) is 0. The van der Waals surface area contributed by atoms with E-state index >= 15 is 0 Å². The molecule has 0 N–H and O–H groups in total. The normalized spacial score (nSPS) is 16.4. The second-order valence-electron chi connectivity index (χ2n) is 3.55. The quantitative estimate of drug-likeness (QED) is 0.711. The Balaban J connectivity index is 2.03. The largest absolute Gasteiger partial charge is 0.362 e. The van der Waals surface area contributed by atoms with Crippen LogP contribution in [0.1, 0.15) is 18.4 Å². The standard InChI is InChI=1S/C11H12ClNS/c12-10-5-3-9(4-6-10)8-13-7-1-2-11(13)14/h3-6H,1-2,7-8H2. The number of benzene rings is 1. The molecule has 0 atom stereocenters. The molecule has 1 heterocycles. The van der Waals surface area contributed by atoms with Crippen LogP contribution in [0.3, 0.4) is 0 Å². The van der Waals surface area contributed by atoms with E-state index in [-0.39, 0.29) is 0 Å². The summed E-state index contributed by atoms with van der Waals surface area (Å²) in [6.07, 6.45) is 2.27. The van der Waals surface area contributed by atoms with Gasteiger partial charge < -0.3 is 4.90 Å². The third-order valence-electron chi connectivity index (χ3n) is 2.46. The van der Waals surface area contributed by atoms with Gasteiger partial charge in [-0.15, -0.1) is 0 Å². The maximum absolute atomic E-state index is 5.82. The van der Waals surface area contributed by atoms with Crippen molar-refractivity contribution in [3.8, 4) is 0 Å². The molecule has 0 spiro atoms. The van der Waals surface area contributed by atoms with Crippen molar-refractivity contribution in [2.75, 3.05) is 6.54 Å². The Hall–Kier alpha value is -0.600. The zero-order valence-corrected chi connectivity index (χ0v) is 9.44. The van der Waals surface area contributed by atoms with Crippen LogP contribution in [0.15, 0.2) is 24.3 Å². The van der Waals surface area contributed by atoms with Crippen LogP contribution in [0, 0.1) is 0 Å². The van der Waals surface area contributed by atoms with Gasteiger partial charge in [0.2, 0.25) is 0 Å². The Morgan fingerprint density at radius 2 is 2.00 bits per heavy atom. The molecule has 0 unspecified atom stereocenters. The summed E-state index contributed by atoms with van der Waals surface area (Å²) in [7, 11) is 0. The van der Waals surface area contributed by atoms with E-state index in [4.69, 9.17) is 23.8 Å². The fourth-order valence-corrected chi connectivity index (χ4v) is 2.11. The van der Waals surface area contributed by atoms with Crippen molar-refractivity contribution in [2.24, 2.45) is 0 Å². The molecular formula is C11H12ClNS. The lowest BCUT2D eigenvalue weighted by atomic mass is 10.2. The molecule has 1 aliphatic heterocycles. The van der Waals surface area contributed by atoms with Gasteiger partial charge in [-0.1, -0.05) is 36.0 Å². The molecule has 0 amide bonds. The Morgan fingerprint density at radius 1 is 1.29 bits per heavy atom. The van der Waals surface area contributed by atoms with Crippen LogP contribution in [-0.4, -0.2) is 16.4 Å². The first-order chi connectivity index (χ1) is 6.75. The van der Waals surface area contributed by atoms with Crippen LogP contribution in [0.25, 0.3) is 0 Å². The lowest BCUT2D eigenvalue weighted by Gasteiger charge is -2.17. The van der Waals surface area contributed by atoms with E-state index in [1.54, 1.807) is 0 Å². The number of hydrogen-bond acceptors (Lipinski definition) is 1. The van der Waals surface area contributed by atoms with Crippen molar-refractivity contribution in [2.45, 2.75) is 19.4 Å². The molecule has 0 aromatic heterocycles. The summed E-state index contributed by atoms with van der Waals surface area (Å²) in [5.41, 5.74) is 1.28. The molecule has 0 bridgehead atoms. The third kappa shape index (κ3) is 2.25. The van der Waals surface area contributed by atoms with Gasteiger partial charge in [0.1, 0.15) is 0 Å². The molecule has 1 aromatic rings. The van der Waals surface area contributed by atoms with Gasteiger partial charge in [0.05, 0.1) is 4.99 Å². The average molecular weight is 226 g/mol. The highest BCUT2D eigenvalue weighted by molar-refractivity contribution is 7.80. The molecule has 1 aliphatic rings. The molecular weight excluding hydrogens is 214 g/mol. The highest BCUT2D eigenvalue weighted by Gasteiger charge is 2.16. The zero-order chi connectivity index (χ0) is 9.97. The smallest absolute Gasteiger partial charge is 0.0782 e. The predicted octanol–water partition coefficient (Wildman–Crippen LogP) is 3.26. The van der Waals surface area contributed by atoms with Crippen molar-refractivity contribution in [3.63, 3.8) is 0 Å². The van der Waals surface area contributed by atoms with E-state index < -0.39 is 0 Å². The summed E-state index contributed by atoms with van der Waals surface area (Å²) in [5, 5.41) is 0.790. The minimum atomic E-state index is 0.790. The second-order valence-corrected chi connectivity index (χ2v) is 4.45. The SMILES string of the molecule is S=C1CCCN1Cc1ccc(Cl)cc1. The maximum atomic E-state index is 5.82.